The molecule has 0 bridgehead atoms. The number of aromatic nitrogens is 1. The Bertz CT molecular complexity index is 1180. The van der Waals surface area contributed by atoms with Crippen LogP contribution in [0.1, 0.15) is 34.1 Å². The third-order valence-corrected chi connectivity index (χ3v) is 5.98. The van der Waals surface area contributed by atoms with E-state index < -0.39 is 35.9 Å². The number of hydrogen-bond acceptors (Lipinski definition) is 6. The normalized spacial score (nSPS) is 16.4. The summed E-state index contributed by atoms with van der Waals surface area (Å²) in [7, 11) is 0. The fourth-order valence-electron chi connectivity index (χ4n) is 3.60. The Balaban J connectivity index is 1.58. The third-order valence-electron chi connectivity index (χ3n) is 5.22. The van der Waals surface area contributed by atoms with Crippen molar-refractivity contribution < 1.29 is 24.3 Å². The molecule has 2 atom stereocenters. The van der Waals surface area contributed by atoms with Crippen LogP contribution >= 0.6 is 11.3 Å². The minimum absolute atomic E-state index is 0.0776. The Labute approximate surface area is 193 Å². The minimum Gasteiger partial charge on any atom is -0.476 e. The molecule has 33 heavy (non-hydrogen) atoms. The van der Waals surface area contributed by atoms with Crippen molar-refractivity contribution in [2.75, 3.05) is 5.32 Å². The summed E-state index contributed by atoms with van der Waals surface area (Å²) in [4.78, 5) is 55.0. The number of carboxylic acid groups (broad SMARTS) is 1. The fourth-order valence-corrected chi connectivity index (χ4v) is 4.29. The van der Waals surface area contributed by atoms with E-state index in [2.05, 4.69) is 15.6 Å². The highest BCUT2D eigenvalue weighted by Gasteiger charge is 2.45. The third kappa shape index (κ3) is 4.90. The zero-order valence-corrected chi connectivity index (χ0v) is 18.1. The van der Waals surface area contributed by atoms with E-state index in [0.29, 0.717) is 12.0 Å². The summed E-state index contributed by atoms with van der Waals surface area (Å²) in [6, 6.07) is 15.5. The Morgan fingerprint density at radius 2 is 1.76 bits per heavy atom. The summed E-state index contributed by atoms with van der Waals surface area (Å²) >= 11 is 0.952. The molecule has 3 N–H and O–H groups in total. The molecule has 0 radical (unpaired) electrons. The zero-order chi connectivity index (χ0) is 23.4. The maximum atomic E-state index is 13.2. The fraction of sp³-hybridized carbons (Fsp3) is 0.174. The molecule has 0 saturated carbocycles. The van der Waals surface area contributed by atoms with Gasteiger partial charge in [0.2, 0.25) is 5.91 Å². The molecule has 9 nitrogen and oxygen atoms in total. The van der Waals surface area contributed by atoms with Crippen molar-refractivity contribution in [3.8, 4) is 0 Å². The van der Waals surface area contributed by atoms with Gasteiger partial charge in [-0.3, -0.25) is 9.59 Å². The molecular weight excluding hydrogens is 444 g/mol. The minimum atomic E-state index is -1.22. The van der Waals surface area contributed by atoms with Crippen molar-refractivity contribution in [2.24, 2.45) is 0 Å². The number of thiazole rings is 1. The molecule has 1 saturated heterocycles. The van der Waals surface area contributed by atoms with Gasteiger partial charge in [0.15, 0.2) is 10.8 Å². The van der Waals surface area contributed by atoms with Gasteiger partial charge in [-0.15, -0.1) is 11.3 Å². The molecule has 2 heterocycles. The second kappa shape index (κ2) is 9.61. The van der Waals surface area contributed by atoms with Gasteiger partial charge in [0, 0.05) is 5.38 Å². The van der Waals surface area contributed by atoms with E-state index in [4.69, 9.17) is 5.11 Å². The van der Waals surface area contributed by atoms with Crippen LogP contribution in [0.25, 0.3) is 0 Å². The lowest BCUT2D eigenvalue weighted by molar-refractivity contribution is -0.134. The zero-order valence-electron chi connectivity index (χ0n) is 17.3. The van der Waals surface area contributed by atoms with E-state index in [1.54, 1.807) is 30.3 Å². The highest BCUT2D eigenvalue weighted by Crippen LogP contribution is 2.26. The maximum absolute atomic E-state index is 13.2. The molecule has 1 aromatic heterocycles. The molecule has 4 amide bonds. The first-order chi connectivity index (χ1) is 15.9. The number of nitrogens with zero attached hydrogens (tertiary/aromatic N) is 2. The average Bonchev–Trinajstić information content (AvgIpc) is 3.40. The number of aromatic carboxylic acids is 1. The number of carbonyl (C=O) groups excluding carboxylic acids is 3. The predicted molar refractivity (Wildman–Crippen MR) is 121 cm³/mol. The quantitative estimate of drug-likeness (QED) is 0.440. The molecule has 1 aliphatic rings. The molecule has 1 fully saturated rings. The standard InChI is InChI=1S/C23H20N4O5S/c28-19(26-22-24-16(13-33-22)21(30)31)17(12-11-14-7-3-1-4-8-14)27-20(29)18(25-23(27)32)15-9-5-2-6-10-15/h1-10,13,17-18H,11-12H2,(H,25,32)(H,30,31)(H,24,26,28)/t17-,18-/m0/s1. The number of rotatable bonds is 8. The molecule has 168 valence electrons. The van der Waals surface area contributed by atoms with Gasteiger partial charge in [-0.05, 0) is 24.0 Å². The van der Waals surface area contributed by atoms with Crippen molar-refractivity contribution in [3.63, 3.8) is 0 Å². The van der Waals surface area contributed by atoms with Crippen LogP contribution in [-0.4, -0.2) is 44.8 Å². The second-order valence-corrected chi connectivity index (χ2v) is 8.23. The highest BCUT2D eigenvalue weighted by atomic mass is 32.1. The Kier molecular flexibility index (Phi) is 6.45. The maximum Gasteiger partial charge on any atom is 0.355 e. The number of hydrogen-bond donors (Lipinski definition) is 3. The summed E-state index contributed by atoms with van der Waals surface area (Å²) in [5.41, 5.74) is 1.37. The van der Waals surface area contributed by atoms with Gasteiger partial charge in [-0.2, -0.15) is 0 Å². The lowest BCUT2D eigenvalue weighted by atomic mass is 10.0. The first-order valence-corrected chi connectivity index (χ1v) is 11.0. The Morgan fingerprint density at radius 1 is 1.09 bits per heavy atom. The molecule has 0 spiro atoms. The number of urea groups is 1. The predicted octanol–water partition coefficient (Wildman–Crippen LogP) is 3.07. The van der Waals surface area contributed by atoms with Crippen molar-refractivity contribution in [1.82, 2.24) is 15.2 Å². The van der Waals surface area contributed by atoms with Crippen LogP contribution in [0.4, 0.5) is 9.93 Å². The van der Waals surface area contributed by atoms with Gasteiger partial charge in [-0.25, -0.2) is 19.5 Å². The summed E-state index contributed by atoms with van der Waals surface area (Å²) in [6.45, 7) is 0. The van der Waals surface area contributed by atoms with Gasteiger partial charge >= 0.3 is 12.0 Å². The average molecular weight is 465 g/mol. The summed E-state index contributed by atoms with van der Waals surface area (Å²) in [5, 5.41) is 15.6. The molecule has 1 aliphatic heterocycles. The van der Waals surface area contributed by atoms with Crippen LogP contribution in [0.5, 0.6) is 0 Å². The molecule has 0 aliphatic carbocycles. The van der Waals surface area contributed by atoms with Gasteiger partial charge in [0.25, 0.3) is 5.91 Å². The van der Waals surface area contributed by atoms with Crippen LogP contribution in [-0.2, 0) is 16.0 Å². The molecule has 0 unspecified atom stereocenters. The molecule has 2 aromatic carbocycles. The lowest BCUT2D eigenvalue weighted by Crippen LogP contribution is -2.48. The van der Waals surface area contributed by atoms with Crippen LogP contribution in [0, 0.1) is 0 Å². The van der Waals surface area contributed by atoms with Crippen LogP contribution in [0.3, 0.4) is 0 Å². The molecular formula is C23H20N4O5S. The number of carbonyl (C=O) groups is 4. The summed E-state index contributed by atoms with van der Waals surface area (Å²) in [6.07, 6.45) is 0.637. The van der Waals surface area contributed by atoms with Crippen molar-refractivity contribution in [3.05, 3.63) is 82.9 Å². The van der Waals surface area contributed by atoms with E-state index in [-0.39, 0.29) is 17.2 Å². The van der Waals surface area contributed by atoms with Crippen molar-refractivity contribution in [1.29, 1.82) is 0 Å². The smallest absolute Gasteiger partial charge is 0.355 e. The van der Waals surface area contributed by atoms with Crippen LogP contribution in [0.2, 0.25) is 0 Å². The van der Waals surface area contributed by atoms with Crippen molar-refractivity contribution in [2.45, 2.75) is 24.9 Å². The molecule has 4 rings (SSSR count). The van der Waals surface area contributed by atoms with Gasteiger partial charge in [0.1, 0.15) is 12.1 Å². The number of imide groups is 1. The number of aryl methyl sites for hydroxylation is 1. The van der Waals surface area contributed by atoms with E-state index in [9.17, 15) is 19.2 Å². The van der Waals surface area contributed by atoms with Crippen LogP contribution < -0.4 is 10.6 Å². The number of amides is 4. The molecule has 10 heteroatoms. The lowest BCUT2D eigenvalue weighted by Gasteiger charge is -2.24. The summed E-state index contributed by atoms with van der Waals surface area (Å²) in [5.74, 6) is -2.36. The van der Waals surface area contributed by atoms with E-state index in [1.807, 2.05) is 30.3 Å². The number of benzene rings is 2. The Morgan fingerprint density at radius 3 is 2.39 bits per heavy atom. The number of anilines is 1. The van der Waals surface area contributed by atoms with Crippen LogP contribution in [0.15, 0.2) is 66.0 Å². The number of carboxylic acids is 1. The highest BCUT2D eigenvalue weighted by molar-refractivity contribution is 7.14. The Hall–Kier alpha value is -4.05. The van der Waals surface area contributed by atoms with Crippen molar-refractivity contribution >= 4 is 40.3 Å². The second-order valence-electron chi connectivity index (χ2n) is 7.37. The van der Waals surface area contributed by atoms with Gasteiger partial charge in [-0.1, -0.05) is 60.7 Å². The van der Waals surface area contributed by atoms with E-state index >= 15 is 0 Å². The monoisotopic (exact) mass is 464 g/mol. The number of nitrogens with one attached hydrogen (secondary N) is 2. The van der Waals surface area contributed by atoms with E-state index in [1.165, 1.54) is 5.38 Å². The first-order valence-electron chi connectivity index (χ1n) is 10.2. The topological polar surface area (TPSA) is 129 Å². The largest absolute Gasteiger partial charge is 0.476 e. The SMILES string of the molecule is O=C(O)c1csc(NC(=O)[C@H](CCc2ccccc2)N2C(=O)N[C@@H](c3ccccc3)C2=O)n1. The summed E-state index contributed by atoms with van der Waals surface area (Å²) < 4.78 is 0. The first kappa shape index (κ1) is 22.2. The van der Waals surface area contributed by atoms with E-state index in [0.717, 1.165) is 21.8 Å². The van der Waals surface area contributed by atoms with Gasteiger partial charge in [0.05, 0.1) is 0 Å². The molecule has 3 aromatic rings. The van der Waals surface area contributed by atoms with Gasteiger partial charge < -0.3 is 15.7 Å².